The normalized spacial score (nSPS) is 10.7. The van der Waals surface area contributed by atoms with E-state index in [0.717, 1.165) is 23.5 Å². The number of alkyl halides is 1. The van der Waals surface area contributed by atoms with Crippen LogP contribution < -0.4 is 0 Å². The van der Waals surface area contributed by atoms with Gasteiger partial charge in [0.15, 0.2) is 0 Å². The molecular formula is C12H14ClN3. The quantitative estimate of drug-likeness (QED) is 0.766. The van der Waals surface area contributed by atoms with Gasteiger partial charge in [-0.2, -0.15) is 0 Å². The van der Waals surface area contributed by atoms with Crippen LogP contribution >= 0.6 is 11.6 Å². The number of benzene rings is 1. The van der Waals surface area contributed by atoms with Gasteiger partial charge in [0.2, 0.25) is 0 Å². The number of rotatable bonds is 3. The lowest BCUT2D eigenvalue weighted by molar-refractivity contribution is 0.766. The van der Waals surface area contributed by atoms with E-state index in [2.05, 4.69) is 36.3 Å². The topological polar surface area (TPSA) is 30.7 Å². The van der Waals surface area contributed by atoms with Crippen molar-refractivity contribution in [2.45, 2.75) is 26.1 Å². The first kappa shape index (κ1) is 11.1. The third-order valence-electron chi connectivity index (χ3n) is 2.55. The first-order valence-corrected chi connectivity index (χ1v) is 5.86. The van der Waals surface area contributed by atoms with Gasteiger partial charge in [-0.3, -0.25) is 0 Å². The molecule has 0 saturated carbocycles. The molecule has 84 valence electrons. The van der Waals surface area contributed by atoms with Gasteiger partial charge < -0.3 is 0 Å². The molecule has 2 rings (SSSR count). The van der Waals surface area contributed by atoms with E-state index in [4.69, 9.17) is 11.6 Å². The van der Waals surface area contributed by atoms with Gasteiger partial charge in [-0.15, -0.1) is 16.7 Å². The molecule has 1 aromatic heterocycles. The largest absolute Gasteiger partial charge is 0.217 e. The highest BCUT2D eigenvalue weighted by atomic mass is 35.5. The molecule has 0 bridgehead atoms. The maximum Gasteiger partial charge on any atom is 0.101 e. The molecule has 0 radical (unpaired) electrons. The summed E-state index contributed by atoms with van der Waals surface area (Å²) in [6, 6.07) is 8.20. The Balaban J connectivity index is 2.51. The molecule has 0 aliphatic heterocycles. The molecule has 1 heterocycles. The SMILES string of the molecule is CCc1c(CCl)nnn1-c1cccc(C)c1. The van der Waals surface area contributed by atoms with Crippen LogP contribution in [0.4, 0.5) is 0 Å². The molecule has 1 aromatic carbocycles. The van der Waals surface area contributed by atoms with Crippen LogP contribution in [0.3, 0.4) is 0 Å². The van der Waals surface area contributed by atoms with Crippen LogP contribution in [0, 0.1) is 6.92 Å². The Bertz CT molecular complexity index is 491. The fraction of sp³-hybridized carbons (Fsp3) is 0.333. The lowest BCUT2D eigenvalue weighted by Gasteiger charge is -2.05. The molecule has 4 heteroatoms. The lowest BCUT2D eigenvalue weighted by Crippen LogP contribution is -2.02. The van der Waals surface area contributed by atoms with Crippen LogP contribution in [0.2, 0.25) is 0 Å². The van der Waals surface area contributed by atoms with E-state index < -0.39 is 0 Å². The first-order chi connectivity index (χ1) is 7.76. The number of hydrogen-bond acceptors (Lipinski definition) is 2. The van der Waals surface area contributed by atoms with Gasteiger partial charge in [0, 0.05) is 0 Å². The summed E-state index contributed by atoms with van der Waals surface area (Å²) in [6.45, 7) is 4.15. The van der Waals surface area contributed by atoms with Gasteiger partial charge in [-0.05, 0) is 31.0 Å². The summed E-state index contributed by atoms with van der Waals surface area (Å²) in [5.41, 5.74) is 4.20. The Hall–Kier alpha value is -1.35. The smallest absolute Gasteiger partial charge is 0.101 e. The number of halogens is 1. The van der Waals surface area contributed by atoms with Crippen LogP contribution in [0.1, 0.15) is 23.9 Å². The van der Waals surface area contributed by atoms with E-state index >= 15 is 0 Å². The molecule has 16 heavy (non-hydrogen) atoms. The fourth-order valence-corrected chi connectivity index (χ4v) is 1.97. The summed E-state index contributed by atoms with van der Waals surface area (Å²) in [5.74, 6) is 0.412. The molecule has 0 spiro atoms. The van der Waals surface area contributed by atoms with Gasteiger partial charge in [-0.25, -0.2) is 4.68 Å². The zero-order valence-corrected chi connectivity index (χ0v) is 10.2. The molecule has 3 nitrogen and oxygen atoms in total. The molecule has 0 aliphatic carbocycles. The molecule has 0 N–H and O–H groups in total. The van der Waals surface area contributed by atoms with Crippen molar-refractivity contribution in [2.24, 2.45) is 0 Å². The summed E-state index contributed by atoms with van der Waals surface area (Å²) in [5, 5.41) is 8.24. The van der Waals surface area contributed by atoms with Crippen molar-refractivity contribution in [3.8, 4) is 5.69 Å². The Kier molecular flexibility index (Phi) is 3.25. The second kappa shape index (κ2) is 4.66. The molecular weight excluding hydrogens is 222 g/mol. The van der Waals surface area contributed by atoms with Crippen molar-refractivity contribution < 1.29 is 0 Å². The predicted molar refractivity (Wildman–Crippen MR) is 65.0 cm³/mol. The summed E-state index contributed by atoms with van der Waals surface area (Å²) in [7, 11) is 0. The number of nitrogens with zero attached hydrogens (tertiary/aromatic N) is 3. The molecule has 0 aliphatic rings. The summed E-state index contributed by atoms with van der Waals surface area (Å²) in [6.07, 6.45) is 0.878. The van der Waals surface area contributed by atoms with Crippen molar-refractivity contribution in [1.29, 1.82) is 0 Å². The van der Waals surface area contributed by atoms with Gasteiger partial charge in [0.1, 0.15) is 5.69 Å². The number of hydrogen-bond donors (Lipinski definition) is 0. The van der Waals surface area contributed by atoms with Crippen LogP contribution in [-0.2, 0) is 12.3 Å². The monoisotopic (exact) mass is 235 g/mol. The standard InChI is InChI=1S/C12H14ClN3/c1-3-12-11(8-13)14-15-16(12)10-6-4-5-9(2)7-10/h4-7H,3,8H2,1-2H3. The zero-order valence-electron chi connectivity index (χ0n) is 9.44. The van der Waals surface area contributed by atoms with Gasteiger partial charge in [-0.1, -0.05) is 24.3 Å². The summed E-state index contributed by atoms with van der Waals surface area (Å²) >= 11 is 5.83. The van der Waals surface area contributed by atoms with Crippen molar-refractivity contribution in [1.82, 2.24) is 15.0 Å². The van der Waals surface area contributed by atoms with E-state index in [1.807, 2.05) is 16.8 Å². The number of aromatic nitrogens is 3. The van der Waals surface area contributed by atoms with Crippen LogP contribution in [0.15, 0.2) is 24.3 Å². The Morgan fingerprint density at radius 3 is 2.81 bits per heavy atom. The zero-order chi connectivity index (χ0) is 11.5. The molecule has 0 amide bonds. The third kappa shape index (κ3) is 1.95. The van der Waals surface area contributed by atoms with E-state index in [0.29, 0.717) is 5.88 Å². The van der Waals surface area contributed by atoms with E-state index in [-0.39, 0.29) is 0 Å². The van der Waals surface area contributed by atoms with Crippen LogP contribution in [0.5, 0.6) is 0 Å². The molecule has 2 aromatic rings. The van der Waals surface area contributed by atoms with Gasteiger partial charge in [0.25, 0.3) is 0 Å². The molecule has 0 unspecified atom stereocenters. The Morgan fingerprint density at radius 2 is 2.19 bits per heavy atom. The second-order valence-electron chi connectivity index (χ2n) is 3.72. The Morgan fingerprint density at radius 1 is 1.38 bits per heavy atom. The highest BCUT2D eigenvalue weighted by Crippen LogP contribution is 2.16. The average Bonchev–Trinajstić information content (AvgIpc) is 2.71. The maximum absolute atomic E-state index is 5.83. The van der Waals surface area contributed by atoms with E-state index in [1.165, 1.54) is 5.56 Å². The number of aryl methyl sites for hydroxylation is 1. The maximum atomic E-state index is 5.83. The molecule has 0 fully saturated rings. The third-order valence-corrected chi connectivity index (χ3v) is 2.80. The minimum absolute atomic E-state index is 0.412. The second-order valence-corrected chi connectivity index (χ2v) is 3.99. The molecule has 0 saturated heterocycles. The van der Waals surface area contributed by atoms with Crippen molar-refractivity contribution in [3.05, 3.63) is 41.2 Å². The van der Waals surface area contributed by atoms with Crippen LogP contribution in [-0.4, -0.2) is 15.0 Å². The predicted octanol–water partition coefficient (Wildman–Crippen LogP) is 2.88. The Labute approximate surface area is 100 Å². The lowest BCUT2D eigenvalue weighted by atomic mass is 10.2. The van der Waals surface area contributed by atoms with Crippen molar-refractivity contribution in [3.63, 3.8) is 0 Å². The average molecular weight is 236 g/mol. The van der Waals surface area contributed by atoms with Gasteiger partial charge in [0.05, 0.1) is 17.3 Å². The van der Waals surface area contributed by atoms with Gasteiger partial charge >= 0.3 is 0 Å². The van der Waals surface area contributed by atoms with Crippen molar-refractivity contribution >= 4 is 11.6 Å². The van der Waals surface area contributed by atoms with Crippen molar-refractivity contribution in [2.75, 3.05) is 0 Å². The highest BCUT2D eigenvalue weighted by molar-refractivity contribution is 6.16. The first-order valence-electron chi connectivity index (χ1n) is 5.32. The highest BCUT2D eigenvalue weighted by Gasteiger charge is 2.11. The van der Waals surface area contributed by atoms with E-state index in [1.54, 1.807) is 0 Å². The fourth-order valence-electron chi connectivity index (χ4n) is 1.76. The minimum Gasteiger partial charge on any atom is -0.217 e. The minimum atomic E-state index is 0.412. The summed E-state index contributed by atoms with van der Waals surface area (Å²) < 4.78 is 1.87. The van der Waals surface area contributed by atoms with Crippen LogP contribution in [0.25, 0.3) is 5.69 Å². The van der Waals surface area contributed by atoms with E-state index in [9.17, 15) is 0 Å². The molecule has 0 atom stereocenters. The summed E-state index contributed by atoms with van der Waals surface area (Å²) in [4.78, 5) is 0.